The molecule has 2 heterocycles. The number of carbonyl (C=O) groups is 2. The monoisotopic (exact) mass is 275 g/mol. The summed E-state index contributed by atoms with van der Waals surface area (Å²) in [5.41, 5.74) is 5.74. The number of amides is 2. The number of piperidine rings is 1. The molecular formula is C12H22ClN3O2. The summed E-state index contributed by atoms with van der Waals surface area (Å²) < 4.78 is 0. The van der Waals surface area contributed by atoms with Gasteiger partial charge in [0.25, 0.3) is 0 Å². The fourth-order valence-corrected chi connectivity index (χ4v) is 2.76. The molecule has 0 saturated carbocycles. The van der Waals surface area contributed by atoms with E-state index >= 15 is 0 Å². The van der Waals surface area contributed by atoms with Crippen molar-refractivity contribution in [2.45, 2.75) is 44.7 Å². The molecule has 0 aromatic heterocycles. The first kappa shape index (κ1) is 15.2. The first-order chi connectivity index (χ1) is 8.11. The minimum absolute atomic E-state index is 0. The number of likely N-dealkylation sites (tertiary alicyclic amines) is 1. The van der Waals surface area contributed by atoms with Crippen LogP contribution in [0.15, 0.2) is 0 Å². The van der Waals surface area contributed by atoms with Crippen molar-refractivity contribution in [1.82, 2.24) is 10.2 Å². The summed E-state index contributed by atoms with van der Waals surface area (Å²) in [6.45, 7) is 3.48. The Morgan fingerprint density at radius 3 is 2.78 bits per heavy atom. The number of hydrogen-bond donors (Lipinski definition) is 2. The number of carbonyl (C=O) groups excluding carboxylic acids is 2. The summed E-state index contributed by atoms with van der Waals surface area (Å²) in [5, 5.41) is 2.74. The Labute approximate surface area is 114 Å². The molecule has 0 aromatic carbocycles. The second kappa shape index (κ2) is 6.38. The fourth-order valence-electron chi connectivity index (χ4n) is 2.76. The number of nitrogens with one attached hydrogen (secondary N) is 1. The van der Waals surface area contributed by atoms with Gasteiger partial charge in [0.15, 0.2) is 0 Å². The Hall–Kier alpha value is -0.810. The molecule has 2 amide bonds. The van der Waals surface area contributed by atoms with E-state index < -0.39 is 0 Å². The van der Waals surface area contributed by atoms with Crippen LogP contribution in [0.1, 0.15) is 32.6 Å². The lowest BCUT2D eigenvalue weighted by Gasteiger charge is -2.39. The Kier molecular flexibility index (Phi) is 5.41. The van der Waals surface area contributed by atoms with Crippen molar-refractivity contribution in [3.63, 3.8) is 0 Å². The highest BCUT2D eigenvalue weighted by Gasteiger charge is 2.35. The van der Waals surface area contributed by atoms with Gasteiger partial charge in [-0.2, -0.15) is 0 Å². The van der Waals surface area contributed by atoms with Gasteiger partial charge in [0, 0.05) is 25.6 Å². The quantitative estimate of drug-likeness (QED) is 0.760. The van der Waals surface area contributed by atoms with E-state index in [4.69, 9.17) is 5.73 Å². The molecule has 3 atom stereocenters. The molecule has 104 valence electrons. The third-order valence-corrected chi connectivity index (χ3v) is 3.83. The number of halogens is 1. The van der Waals surface area contributed by atoms with E-state index in [1.807, 2.05) is 4.90 Å². The van der Waals surface area contributed by atoms with Gasteiger partial charge in [0.05, 0.1) is 0 Å². The molecule has 0 spiro atoms. The van der Waals surface area contributed by atoms with Crippen molar-refractivity contribution in [3.8, 4) is 0 Å². The van der Waals surface area contributed by atoms with Crippen LogP contribution < -0.4 is 11.1 Å². The van der Waals surface area contributed by atoms with E-state index in [9.17, 15) is 9.59 Å². The van der Waals surface area contributed by atoms with E-state index in [0.29, 0.717) is 25.3 Å². The highest BCUT2D eigenvalue weighted by Crippen LogP contribution is 2.23. The van der Waals surface area contributed by atoms with Crippen molar-refractivity contribution in [2.24, 2.45) is 11.7 Å². The van der Waals surface area contributed by atoms with Gasteiger partial charge in [0.1, 0.15) is 6.04 Å². The molecule has 0 radical (unpaired) electrons. The van der Waals surface area contributed by atoms with Crippen LogP contribution in [0.4, 0.5) is 0 Å². The van der Waals surface area contributed by atoms with Crippen molar-refractivity contribution >= 4 is 24.2 Å². The highest BCUT2D eigenvalue weighted by atomic mass is 35.5. The molecule has 5 nitrogen and oxygen atoms in total. The maximum absolute atomic E-state index is 12.3. The third kappa shape index (κ3) is 3.14. The average molecular weight is 276 g/mol. The van der Waals surface area contributed by atoms with Crippen LogP contribution in [0, 0.1) is 5.92 Å². The molecule has 2 aliphatic heterocycles. The zero-order chi connectivity index (χ0) is 12.4. The molecule has 6 heteroatoms. The predicted octanol–water partition coefficient (Wildman–Crippen LogP) is 0.273. The van der Waals surface area contributed by atoms with E-state index in [-0.39, 0.29) is 36.3 Å². The summed E-state index contributed by atoms with van der Waals surface area (Å²) in [4.78, 5) is 25.3. The summed E-state index contributed by atoms with van der Waals surface area (Å²) in [6.07, 6.45) is 3.10. The topological polar surface area (TPSA) is 75.4 Å². The van der Waals surface area contributed by atoms with E-state index in [1.54, 1.807) is 0 Å². The molecular weight excluding hydrogens is 254 g/mol. The molecule has 0 aliphatic carbocycles. The van der Waals surface area contributed by atoms with Gasteiger partial charge in [0.2, 0.25) is 11.8 Å². The lowest BCUT2D eigenvalue weighted by atomic mass is 9.92. The molecule has 2 aliphatic rings. The summed E-state index contributed by atoms with van der Waals surface area (Å²) in [6, 6.07) is -0.172. The third-order valence-electron chi connectivity index (χ3n) is 3.83. The van der Waals surface area contributed by atoms with Crippen LogP contribution >= 0.6 is 12.4 Å². The number of nitrogens with zero attached hydrogens (tertiary/aromatic N) is 1. The molecule has 2 fully saturated rings. The van der Waals surface area contributed by atoms with Crippen LogP contribution in [0.2, 0.25) is 0 Å². The molecule has 2 unspecified atom stereocenters. The molecule has 18 heavy (non-hydrogen) atoms. The van der Waals surface area contributed by atoms with E-state index in [2.05, 4.69) is 12.2 Å². The minimum Gasteiger partial charge on any atom is -0.344 e. The normalized spacial score (nSPS) is 31.8. The zero-order valence-electron chi connectivity index (χ0n) is 10.7. The lowest BCUT2D eigenvalue weighted by Crippen LogP contribution is -2.54. The smallest absolute Gasteiger partial charge is 0.245 e. The van der Waals surface area contributed by atoms with Crippen LogP contribution in [0.5, 0.6) is 0 Å². The largest absolute Gasteiger partial charge is 0.344 e. The Morgan fingerprint density at radius 2 is 2.22 bits per heavy atom. The van der Waals surface area contributed by atoms with Crippen LogP contribution in [-0.2, 0) is 9.59 Å². The summed E-state index contributed by atoms with van der Waals surface area (Å²) >= 11 is 0. The van der Waals surface area contributed by atoms with Gasteiger partial charge >= 0.3 is 0 Å². The molecule has 0 aromatic rings. The van der Waals surface area contributed by atoms with Gasteiger partial charge < -0.3 is 16.0 Å². The van der Waals surface area contributed by atoms with Crippen molar-refractivity contribution in [1.29, 1.82) is 0 Å². The first-order valence-corrected chi connectivity index (χ1v) is 6.41. The van der Waals surface area contributed by atoms with E-state index in [0.717, 1.165) is 19.4 Å². The molecule has 2 saturated heterocycles. The summed E-state index contributed by atoms with van der Waals surface area (Å²) in [7, 11) is 0. The van der Waals surface area contributed by atoms with Gasteiger partial charge in [-0.15, -0.1) is 12.4 Å². The molecule has 3 N–H and O–H groups in total. The molecule has 0 bridgehead atoms. The van der Waals surface area contributed by atoms with Crippen molar-refractivity contribution in [3.05, 3.63) is 0 Å². The fraction of sp³-hybridized carbons (Fsp3) is 0.833. The lowest BCUT2D eigenvalue weighted by molar-refractivity contribution is -0.138. The van der Waals surface area contributed by atoms with Gasteiger partial charge in [-0.05, 0) is 25.2 Å². The van der Waals surface area contributed by atoms with Crippen LogP contribution in [0.25, 0.3) is 0 Å². The molecule has 2 rings (SSSR count). The van der Waals surface area contributed by atoms with Crippen molar-refractivity contribution < 1.29 is 9.59 Å². The second-order valence-electron chi connectivity index (χ2n) is 5.21. The Balaban J connectivity index is 0.00000162. The SMILES string of the molecule is CC1CCN(C(=O)[C@@H]2CCC(=O)N2)C(CN)C1.Cl. The maximum atomic E-state index is 12.3. The highest BCUT2D eigenvalue weighted by molar-refractivity contribution is 5.91. The summed E-state index contributed by atoms with van der Waals surface area (Å²) in [5.74, 6) is 0.669. The zero-order valence-corrected chi connectivity index (χ0v) is 11.5. The standard InChI is InChI=1S/C12H21N3O2.ClH/c1-8-4-5-15(9(6-8)7-13)12(17)10-2-3-11(16)14-10;/h8-10H,2-7,13H2,1H3,(H,14,16);1H/t8?,9?,10-;/m0./s1. The van der Waals surface area contributed by atoms with Gasteiger partial charge in [-0.25, -0.2) is 0 Å². The Bertz CT molecular complexity index is 324. The van der Waals surface area contributed by atoms with E-state index in [1.165, 1.54) is 0 Å². The van der Waals surface area contributed by atoms with Crippen LogP contribution in [-0.4, -0.2) is 41.9 Å². The predicted molar refractivity (Wildman–Crippen MR) is 71.4 cm³/mol. The first-order valence-electron chi connectivity index (χ1n) is 6.41. The Morgan fingerprint density at radius 1 is 1.50 bits per heavy atom. The number of rotatable bonds is 2. The van der Waals surface area contributed by atoms with Gasteiger partial charge in [-0.1, -0.05) is 6.92 Å². The van der Waals surface area contributed by atoms with Crippen molar-refractivity contribution in [2.75, 3.05) is 13.1 Å². The second-order valence-corrected chi connectivity index (χ2v) is 5.21. The van der Waals surface area contributed by atoms with Gasteiger partial charge in [-0.3, -0.25) is 9.59 Å². The number of hydrogen-bond acceptors (Lipinski definition) is 3. The minimum atomic E-state index is -0.315. The maximum Gasteiger partial charge on any atom is 0.245 e. The van der Waals surface area contributed by atoms with Crippen LogP contribution in [0.3, 0.4) is 0 Å². The number of nitrogens with two attached hydrogens (primary N) is 1. The average Bonchev–Trinajstić information content (AvgIpc) is 2.75.